The van der Waals surface area contributed by atoms with E-state index in [1.54, 1.807) is 18.2 Å². The highest BCUT2D eigenvalue weighted by atomic mass is 35.5. The van der Waals surface area contributed by atoms with Crippen LogP contribution in [-0.4, -0.2) is 33.9 Å². The minimum Gasteiger partial charge on any atom is -0.465 e. The maximum atomic E-state index is 13.3. The summed E-state index contributed by atoms with van der Waals surface area (Å²) in [7, 11) is -2.84. The van der Waals surface area contributed by atoms with E-state index in [0.717, 1.165) is 4.31 Å². The van der Waals surface area contributed by atoms with Crippen LogP contribution >= 0.6 is 23.2 Å². The summed E-state index contributed by atoms with van der Waals surface area (Å²) in [6.07, 6.45) is 0. The molecule has 0 heterocycles. The molecule has 3 aromatic rings. The molecule has 0 radical (unpaired) electrons. The van der Waals surface area contributed by atoms with Crippen LogP contribution in [0.25, 0.3) is 0 Å². The minimum atomic E-state index is -4.05. The molecular formula is C22H18Cl2N2O5S. The van der Waals surface area contributed by atoms with E-state index < -0.39 is 28.4 Å². The number of nitrogens with one attached hydrogen (secondary N) is 1. The number of anilines is 2. The number of rotatable bonds is 7. The second kappa shape index (κ2) is 10.0. The Labute approximate surface area is 195 Å². The van der Waals surface area contributed by atoms with Crippen LogP contribution in [0, 0.1) is 0 Å². The van der Waals surface area contributed by atoms with Crippen LogP contribution in [0.4, 0.5) is 11.4 Å². The van der Waals surface area contributed by atoms with Gasteiger partial charge in [0.15, 0.2) is 0 Å². The molecule has 1 amide bonds. The first-order valence-electron chi connectivity index (χ1n) is 9.23. The molecular weight excluding hydrogens is 475 g/mol. The molecule has 3 rings (SSSR count). The van der Waals surface area contributed by atoms with Crippen LogP contribution in [0.2, 0.25) is 10.0 Å². The van der Waals surface area contributed by atoms with E-state index in [0.29, 0.717) is 5.02 Å². The summed E-state index contributed by atoms with van der Waals surface area (Å²) in [6.45, 7) is -0.519. The number of sulfonamides is 1. The molecule has 10 heteroatoms. The van der Waals surface area contributed by atoms with E-state index in [1.165, 1.54) is 61.7 Å². The molecule has 3 aromatic carbocycles. The predicted octanol–water partition coefficient (Wildman–Crippen LogP) is 4.61. The van der Waals surface area contributed by atoms with Crippen LogP contribution in [0.15, 0.2) is 77.7 Å². The van der Waals surface area contributed by atoms with Crippen molar-refractivity contribution in [1.29, 1.82) is 0 Å². The Morgan fingerprint density at radius 1 is 0.969 bits per heavy atom. The lowest BCUT2D eigenvalue weighted by atomic mass is 10.2. The van der Waals surface area contributed by atoms with Gasteiger partial charge in [0.05, 0.1) is 28.3 Å². The van der Waals surface area contributed by atoms with E-state index in [-0.39, 0.29) is 26.9 Å². The standard InChI is InChI=1S/C22H18Cl2N2O5S/c1-31-22(28)19-13-16(9-12-20(19)24)25-21(27)14-26(17-10-7-15(23)8-11-17)32(29,30)18-5-3-2-4-6-18/h2-13H,14H2,1H3,(H,25,27). The first kappa shape index (κ1) is 23.6. The summed E-state index contributed by atoms with van der Waals surface area (Å²) in [5, 5.41) is 3.17. The molecule has 32 heavy (non-hydrogen) atoms. The van der Waals surface area contributed by atoms with Crippen molar-refractivity contribution in [2.45, 2.75) is 4.90 Å². The van der Waals surface area contributed by atoms with Crippen molar-refractivity contribution in [1.82, 2.24) is 0 Å². The second-order valence-electron chi connectivity index (χ2n) is 6.54. The Bertz CT molecular complexity index is 1230. The van der Waals surface area contributed by atoms with E-state index in [2.05, 4.69) is 10.1 Å². The fourth-order valence-electron chi connectivity index (χ4n) is 2.84. The van der Waals surface area contributed by atoms with Gasteiger partial charge in [0.2, 0.25) is 5.91 Å². The molecule has 0 unspecified atom stereocenters. The number of ether oxygens (including phenoxy) is 1. The zero-order valence-electron chi connectivity index (χ0n) is 16.8. The number of hydrogen-bond acceptors (Lipinski definition) is 5. The Morgan fingerprint density at radius 3 is 2.25 bits per heavy atom. The number of halogens is 2. The summed E-state index contributed by atoms with van der Waals surface area (Å²) >= 11 is 11.9. The number of carbonyl (C=O) groups is 2. The molecule has 0 aliphatic rings. The van der Waals surface area contributed by atoms with Gasteiger partial charge in [0.25, 0.3) is 10.0 Å². The highest BCUT2D eigenvalue weighted by molar-refractivity contribution is 7.92. The molecule has 0 bridgehead atoms. The number of hydrogen-bond donors (Lipinski definition) is 1. The van der Waals surface area contributed by atoms with Gasteiger partial charge < -0.3 is 10.1 Å². The van der Waals surface area contributed by atoms with Crippen molar-refractivity contribution in [2.24, 2.45) is 0 Å². The summed E-state index contributed by atoms with van der Waals surface area (Å²) in [5.74, 6) is -1.29. The third-order valence-electron chi connectivity index (χ3n) is 4.39. The number of carbonyl (C=O) groups excluding carboxylic acids is 2. The van der Waals surface area contributed by atoms with Crippen LogP contribution in [0.1, 0.15) is 10.4 Å². The minimum absolute atomic E-state index is 0.0298. The molecule has 0 saturated carbocycles. The highest BCUT2D eigenvalue weighted by Crippen LogP contribution is 2.26. The van der Waals surface area contributed by atoms with E-state index in [9.17, 15) is 18.0 Å². The third-order valence-corrected chi connectivity index (χ3v) is 6.76. The van der Waals surface area contributed by atoms with Gasteiger partial charge in [0.1, 0.15) is 6.54 Å². The highest BCUT2D eigenvalue weighted by Gasteiger charge is 2.27. The fourth-order valence-corrected chi connectivity index (χ4v) is 4.61. The summed E-state index contributed by atoms with van der Waals surface area (Å²) in [5.41, 5.74) is 0.589. The summed E-state index contributed by atoms with van der Waals surface area (Å²) < 4.78 is 32.2. The maximum Gasteiger partial charge on any atom is 0.339 e. The van der Waals surface area contributed by atoms with Crippen LogP contribution in [-0.2, 0) is 19.6 Å². The van der Waals surface area contributed by atoms with Crippen molar-refractivity contribution in [3.63, 3.8) is 0 Å². The van der Waals surface area contributed by atoms with Gasteiger partial charge in [-0.3, -0.25) is 9.10 Å². The Hall–Kier alpha value is -3.07. The number of benzene rings is 3. The Morgan fingerprint density at radius 2 is 1.62 bits per heavy atom. The topological polar surface area (TPSA) is 92.8 Å². The second-order valence-corrected chi connectivity index (χ2v) is 9.24. The Kier molecular flexibility index (Phi) is 7.40. The number of amides is 1. The average molecular weight is 493 g/mol. The molecule has 0 aliphatic carbocycles. The van der Waals surface area contributed by atoms with E-state index in [1.807, 2.05) is 0 Å². The lowest BCUT2D eigenvalue weighted by Crippen LogP contribution is -2.38. The van der Waals surface area contributed by atoms with Crippen molar-refractivity contribution in [3.8, 4) is 0 Å². The number of esters is 1. The lowest BCUT2D eigenvalue weighted by Gasteiger charge is -2.24. The molecule has 0 aliphatic heterocycles. The third kappa shape index (κ3) is 5.40. The van der Waals surface area contributed by atoms with Crippen molar-refractivity contribution in [3.05, 3.63) is 88.4 Å². The molecule has 7 nitrogen and oxygen atoms in total. The fraction of sp³-hybridized carbons (Fsp3) is 0.0909. The molecule has 0 spiro atoms. The van der Waals surface area contributed by atoms with Crippen LogP contribution in [0.5, 0.6) is 0 Å². The number of methoxy groups -OCH3 is 1. The van der Waals surface area contributed by atoms with Gasteiger partial charge in [-0.05, 0) is 54.6 Å². The van der Waals surface area contributed by atoms with Crippen molar-refractivity contribution >= 4 is 56.5 Å². The van der Waals surface area contributed by atoms with E-state index >= 15 is 0 Å². The van der Waals surface area contributed by atoms with Crippen LogP contribution in [0.3, 0.4) is 0 Å². The van der Waals surface area contributed by atoms with Crippen molar-refractivity contribution in [2.75, 3.05) is 23.3 Å². The molecule has 0 fully saturated rings. The zero-order valence-corrected chi connectivity index (χ0v) is 19.1. The van der Waals surface area contributed by atoms with Gasteiger partial charge in [-0.1, -0.05) is 41.4 Å². The smallest absolute Gasteiger partial charge is 0.339 e. The molecule has 166 valence electrons. The quantitative estimate of drug-likeness (QED) is 0.485. The van der Waals surface area contributed by atoms with Gasteiger partial charge in [0, 0.05) is 10.7 Å². The average Bonchev–Trinajstić information content (AvgIpc) is 2.79. The maximum absolute atomic E-state index is 13.3. The normalized spacial score (nSPS) is 11.0. The molecule has 1 N–H and O–H groups in total. The monoisotopic (exact) mass is 492 g/mol. The largest absolute Gasteiger partial charge is 0.465 e. The molecule has 0 aromatic heterocycles. The van der Waals surface area contributed by atoms with Gasteiger partial charge in [-0.25, -0.2) is 13.2 Å². The summed E-state index contributed by atoms with van der Waals surface area (Å²) in [4.78, 5) is 24.6. The Balaban J connectivity index is 1.91. The zero-order chi connectivity index (χ0) is 23.3. The SMILES string of the molecule is COC(=O)c1cc(NC(=O)CN(c2ccc(Cl)cc2)S(=O)(=O)c2ccccc2)ccc1Cl. The van der Waals surface area contributed by atoms with Gasteiger partial charge in [-0.2, -0.15) is 0 Å². The van der Waals surface area contributed by atoms with Gasteiger partial charge in [-0.15, -0.1) is 0 Å². The van der Waals surface area contributed by atoms with Gasteiger partial charge >= 0.3 is 5.97 Å². The first-order chi connectivity index (χ1) is 15.2. The molecule has 0 saturated heterocycles. The summed E-state index contributed by atoms with van der Waals surface area (Å²) in [6, 6.07) is 18.1. The predicted molar refractivity (Wildman–Crippen MR) is 124 cm³/mol. The van der Waals surface area contributed by atoms with Crippen molar-refractivity contribution < 1.29 is 22.7 Å². The first-order valence-corrected chi connectivity index (χ1v) is 11.4. The van der Waals surface area contributed by atoms with E-state index in [4.69, 9.17) is 23.2 Å². The lowest BCUT2D eigenvalue weighted by molar-refractivity contribution is -0.114. The van der Waals surface area contributed by atoms with Crippen LogP contribution < -0.4 is 9.62 Å². The molecule has 0 atom stereocenters. The number of nitrogens with zero attached hydrogens (tertiary/aromatic N) is 1.